The van der Waals surface area contributed by atoms with Gasteiger partial charge in [-0.25, -0.2) is 8.97 Å². The van der Waals surface area contributed by atoms with Crippen LogP contribution in [0.4, 0.5) is 0 Å². The molecule has 0 amide bonds. The Labute approximate surface area is 101 Å². The van der Waals surface area contributed by atoms with E-state index < -0.39 is 0 Å². The number of benzene rings is 1. The number of hydrogen-bond donors (Lipinski definition) is 0. The van der Waals surface area contributed by atoms with Crippen molar-refractivity contribution in [2.75, 3.05) is 0 Å². The normalized spacial score (nSPS) is 10.9. The molecule has 0 saturated carbocycles. The highest BCUT2D eigenvalue weighted by molar-refractivity contribution is 5.78. The van der Waals surface area contributed by atoms with Gasteiger partial charge in [-0.05, 0) is 24.1 Å². The second-order valence-corrected chi connectivity index (χ2v) is 4.38. The molecule has 0 atom stereocenters. The van der Waals surface area contributed by atoms with Gasteiger partial charge in [0.2, 0.25) is 0 Å². The highest BCUT2D eigenvalue weighted by Crippen LogP contribution is 2.26. The number of fused-ring (bicyclic) bond motifs is 1. The summed E-state index contributed by atoms with van der Waals surface area (Å²) >= 11 is 0. The molecule has 0 saturated heterocycles. The minimum Gasteiger partial charge on any atom is -0.236 e. The van der Waals surface area contributed by atoms with Crippen molar-refractivity contribution in [3.63, 3.8) is 0 Å². The zero-order valence-corrected chi connectivity index (χ0v) is 10.1. The summed E-state index contributed by atoms with van der Waals surface area (Å²) < 4.78 is 4.31. The van der Waals surface area contributed by atoms with Gasteiger partial charge < -0.3 is 0 Å². The zero-order chi connectivity index (χ0) is 11.8. The van der Waals surface area contributed by atoms with Crippen molar-refractivity contribution in [1.82, 2.24) is 4.40 Å². The molecule has 0 spiro atoms. The van der Waals surface area contributed by atoms with E-state index in [9.17, 15) is 0 Å². The van der Waals surface area contributed by atoms with Crippen molar-refractivity contribution in [3.8, 4) is 11.1 Å². The summed E-state index contributed by atoms with van der Waals surface area (Å²) in [4.78, 5) is 0. The first kappa shape index (κ1) is 10.1. The molecule has 0 aliphatic rings. The fraction of sp³-hybridized carbons (Fsp3) is 0.133. The maximum Gasteiger partial charge on any atom is 0.293 e. The lowest BCUT2D eigenvalue weighted by Crippen LogP contribution is -2.29. The van der Waals surface area contributed by atoms with Crippen LogP contribution >= 0.6 is 0 Å². The van der Waals surface area contributed by atoms with Crippen molar-refractivity contribution in [1.29, 1.82) is 0 Å². The molecular weight excluding hydrogens is 208 g/mol. The van der Waals surface area contributed by atoms with Crippen molar-refractivity contribution < 1.29 is 4.57 Å². The SMILES string of the molecule is Cc1ccccc1-c1ccn2ccc[n+](C)c12. The monoisotopic (exact) mass is 223 g/mol. The van der Waals surface area contributed by atoms with Crippen LogP contribution in [0, 0.1) is 6.92 Å². The molecule has 0 aliphatic heterocycles. The third kappa shape index (κ3) is 1.53. The Morgan fingerprint density at radius 2 is 1.76 bits per heavy atom. The highest BCUT2D eigenvalue weighted by Gasteiger charge is 2.14. The van der Waals surface area contributed by atoms with Crippen LogP contribution in [-0.2, 0) is 7.05 Å². The number of hydrogen-bond acceptors (Lipinski definition) is 0. The van der Waals surface area contributed by atoms with E-state index in [2.05, 4.69) is 77.9 Å². The van der Waals surface area contributed by atoms with Gasteiger partial charge in [0.05, 0.1) is 31.2 Å². The Morgan fingerprint density at radius 3 is 2.59 bits per heavy atom. The van der Waals surface area contributed by atoms with Crippen LogP contribution in [0.3, 0.4) is 0 Å². The van der Waals surface area contributed by atoms with E-state index in [4.69, 9.17) is 0 Å². The van der Waals surface area contributed by atoms with Crippen LogP contribution in [0.2, 0.25) is 0 Å². The summed E-state index contributed by atoms with van der Waals surface area (Å²) in [6.45, 7) is 2.15. The minimum atomic E-state index is 1.22. The van der Waals surface area contributed by atoms with Gasteiger partial charge in [0.1, 0.15) is 0 Å². The van der Waals surface area contributed by atoms with Gasteiger partial charge in [0.25, 0.3) is 5.65 Å². The van der Waals surface area contributed by atoms with E-state index in [0.29, 0.717) is 0 Å². The lowest BCUT2D eigenvalue weighted by atomic mass is 10.0. The Balaban J connectivity index is 2.36. The van der Waals surface area contributed by atoms with E-state index in [1.54, 1.807) is 0 Å². The summed E-state index contributed by atoms with van der Waals surface area (Å²) in [5.41, 5.74) is 5.12. The van der Waals surface area contributed by atoms with Crippen molar-refractivity contribution in [2.45, 2.75) is 6.92 Å². The predicted molar refractivity (Wildman–Crippen MR) is 68.7 cm³/mol. The van der Waals surface area contributed by atoms with Crippen LogP contribution in [0.15, 0.2) is 55.0 Å². The van der Waals surface area contributed by atoms with Gasteiger partial charge in [-0.1, -0.05) is 24.3 Å². The first-order valence-electron chi connectivity index (χ1n) is 5.79. The van der Waals surface area contributed by atoms with Crippen LogP contribution in [0.1, 0.15) is 5.56 Å². The average Bonchev–Trinajstić information content (AvgIpc) is 2.75. The van der Waals surface area contributed by atoms with Crippen molar-refractivity contribution in [3.05, 3.63) is 60.6 Å². The molecule has 2 nitrogen and oxygen atoms in total. The molecule has 1 aromatic carbocycles. The van der Waals surface area contributed by atoms with Crippen LogP contribution in [-0.4, -0.2) is 4.40 Å². The Hall–Kier alpha value is -2.09. The molecule has 0 radical (unpaired) electrons. The Kier molecular flexibility index (Phi) is 2.22. The van der Waals surface area contributed by atoms with Gasteiger partial charge in [-0.2, -0.15) is 0 Å². The van der Waals surface area contributed by atoms with E-state index in [1.165, 1.54) is 22.3 Å². The topological polar surface area (TPSA) is 8.29 Å². The van der Waals surface area contributed by atoms with Crippen LogP contribution in [0.5, 0.6) is 0 Å². The van der Waals surface area contributed by atoms with Crippen molar-refractivity contribution >= 4 is 5.65 Å². The molecule has 84 valence electrons. The average molecular weight is 223 g/mol. The molecule has 2 heterocycles. The predicted octanol–water partition coefficient (Wildman–Crippen LogP) is 2.74. The third-order valence-corrected chi connectivity index (χ3v) is 3.21. The van der Waals surface area contributed by atoms with Gasteiger partial charge >= 0.3 is 0 Å². The van der Waals surface area contributed by atoms with Crippen LogP contribution < -0.4 is 4.57 Å². The summed E-state index contributed by atoms with van der Waals surface area (Å²) in [6, 6.07) is 12.7. The number of aryl methyl sites for hydroxylation is 2. The van der Waals surface area contributed by atoms with E-state index in [0.717, 1.165) is 0 Å². The first-order valence-corrected chi connectivity index (χ1v) is 5.79. The highest BCUT2D eigenvalue weighted by atomic mass is 15.1. The Morgan fingerprint density at radius 1 is 0.941 bits per heavy atom. The molecule has 0 unspecified atom stereocenters. The molecule has 17 heavy (non-hydrogen) atoms. The quantitative estimate of drug-likeness (QED) is 0.561. The van der Waals surface area contributed by atoms with E-state index >= 15 is 0 Å². The first-order chi connectivity index (χ1) is 8.27. The Bertz CT molecular complexity index is 680. The summed E-state index contributed by atoms with van der Waals surface area (Å²) in [5, 5.41) is 0. The van der Waals surface area contributed by atoms with E-state index in [1.807, 2.05) is 0 Å². The smallest absolute Gasteiger partial charge is 0.236 e. The maximum atomic E-state index is 2.18. The van der Waals surface area contributed by atoms with Crippen molar-refractivity contribution in [2.24, 2.45) is 7.05 Å². The second kappa shape index (κ2) is 3.74. The molecular formula is C15H15N2+. The lowest BCUT2D eigenvalue weighted by molar-refractivity contribution is -0.648. The largest absolute Gasteiger partial charge is 0.293 e. The fourth-order valence-corrected chi connectivity index (χ4v) is 2.35. The van der Waals surface area contributed by atoms with E-state index in [-0.39, 0.29) is 0 Å². The number of rotatable bonds is 1. The molecule has 3 rings (SSSR count). The summed E-state index contributed by atoms with van der Waals surface area (Å²) in [5.74, 6) is 0. The third-order valence-electron chi connectivity index (χ3n) is 3.21. The second-order valence-electron chi connectivity index (χ2n) is 4.38. The number of nitrogens with zero attached hydrogens (tertiary/aromatic N) is 2. The van der Waals surface area contributed by atoms with Crippen LogP contribution in [0.25, 0.3) is 16.8 Å². The molecule has 2 aromatic heterocycles. The molecule has 0 N–H and O–H groups in total. The fourth-order valence-electron chi connectivity index (χ4n) is 2.35. The molecule has 0 fully saturated rings. The standard InChI is InChI=1S/C15H15N2/c1-12-6-3-4-7-13(12)14-8-11-17-10-5-9-16(2)15(14)17/h3-11H,1-2H3/q+1. The molecule has 0 bridgehead atoms. The van der Waals surface area contributed by atoms with Gasteiger partial charge in [0, 0.05) is 6.07 Å². The van der Waals surface area contributed by atoms with Gasteiger partial charge in [0.15, 0.2) is 0 Å². The molecule has 2 heteroatoms. The zero-order valence-electron chi connectivity index (χ0n) is 10.1. The maximum absolute atomic E-state index is 2.18. The molecule has 0 aliphatic carbocycles. The lowest BCUT2D eigenvalue weighted by Gasteiger charge is -2.02. The minimum absolute atomic E-state index is 1.22. The summed E-state index contributed by atoms with van der Waals surface area (Å²) in [7, 11) is 2.08. The number of aromatic nitrogens is 2. The molecule has 3 aromatic rings. The van der Waals surface area contributed by atoms with Gasteiger partial charge in [-0.15, -0.1) is 0 Å². The summed E-state index contributed by atoms with van der Waals surface area (Å²) in [6.07, 6.45) is 6.27. The van der Waals surface area contributed by atoms with Gasteiger partial charge in [-0.3, -0.25) is 0 Å².